The number of imide groups is 1. The molecule has 140 valence electrons. The second-order valence-corrected chi connectivity index (χ2v) is 7.01. The smallest absolute Gasteiger partial charge is 0.317 e. The van der Waals surface area contributed by atoms with Gasteiger partial charge in [-0.3, -0.25) is 9.69 Å². The number of carbonyl (C=O) groups is 2. The van der Waals surface area contributed by atoms with Crippen molar-refractivity contribution in [1.82, 2.24) is 14.8 Å². The molecule has 3 amide bonds. The van der Waals surface area contributed by atoms with E-state index in [0.717, 1.165) is 22.5 Å². The quantitative estimate of drug-likeness (QED) is 0.524. The van der Waals surface area contributed by atoms with E-state index in [1.54, 1.807) is 6.08 Å². The lowest BCUT2D eigenvalue weighted by Crippen LogP contribution is -2.30. The Morgan fingerprint density at radius 2 is 1.82 bits per heavy atom. The molecule has 1 N–H and O–H groups in total. The minimum absolute atomic E-state index is 0.234. The SMILES string of the molecule is Cc1ccc(-n2cccc2/C=C2\NC(=O)N(Cc3ccccc3)C2=O)cc1Cl. The number of hydrogen-bond acceptors (Lipinski definition) is 2. The number of aryl methyl sites for hydroxylation is 1. The molecule has 0 spiro atoms. The fourth-order valence-electron chi connectivity index (χ4n) is 3.11. The summed E-state index contributed by atoms with van der Waals surface area (Å²) < 4.78 is 1.91. The van der Waals surface area contributed by atoms with Crippen LogP contribution in [0.5, 0.6) is 0 Å². The van der Waals surface area contributed by atoms with Gasteiger partial charge < -0.3 is 9.88 Å². The maximum absolute atomic E-state index is 12.7. The summed E-state index contributed by atoms with van der Waals surface area (Å²) in [4.78, 5) is 26.2. The molecule has 0 saturated carbocycles. The van der Waals surface area contributed by atoms with Crippen molar-refractivity contribution in [2.24, 2.45) is 0 Å². The first-order chi connectivity index (χ1) is 13.5. The Balaban J connectivity index is 1.62. The molecule has 4 rings (SSSR count). The Kier molecular flexibility index (Phi) is 4.75. The van der Waals surface area contributed by atoms with Crippen LogP contribution in [0.2, 0.25) is 5.02 Å². The molecule has 0 atom stereocenters. The lowest BCUT2D eigenvalue weighted by molar-refractivity contribution is -0.123. The first kappa shape index (κ1) is 18.1. The number of nitrogens with one attached hydrogen (secondary N) is 1. The summed E-state index contributed by atoms with van der Waals surface area (Å²) in [5.74, 6) is -0.344. The molecule has 5 nitrogen and oxygen atoms in total. The highest BCUT2D eigenvalue weighted by molar-refractivity contribution is 6.31. The fourth-order valence-corrected chi connectivity index (χ4v) is 3.28. The Morgan fingerprint density at radius 3 is 2.57 bits per heavy atom. The molecule has 0 unspecified atom stereocenters. The van der Waals surface area contributed by atoms with Gasteiger partial charge in [0.2, 0.25) is 0 Å². The number of rotatable bonds is 4. The van der Waals surface area contributed by atoms with Gasteiger partial charge in [0, 0.05) is 22.6 Å². The van der Waals surface area contributed by atoms with Crippen LogP contribution >= 0.6 is 11.6 Å². The van der Waals surface area contributed by atoms with Gasteiger partial charge in [-0.25, -0.2) is 4.79 Å². The first-order valence-electron chi connectivity index (χ1n) is 8.85. The van der Waals surface area contributed by atoms with Crippen molar-refractivity contribution in [2.75, 3.05) is 0 Å². The van der Waals surface area contributed by atoms with E-state index in [4.69, 9.17) is 11.6 Å². The molecule has 0 bridgehead atoms. The molecule has 3 aromatic rings. The number of aromatic nitrogens is 1. The van der Waals surface area contributed by atoms with E-state index >= 15 is 0 Å². The number of halogens is 1. The summed E-state index contributed by atoms with van der Waals surface area (Å²) in [5, 5.41) is 3.34. The van der Waals surface area contributed by atoms with Crippen molar-refractivity contribution >= 4 is 29.6 Å². The van der Waals surface area contributed by atoms with Crippen molar-refractivity contribution < 1.29 is 9.59 Å². The minimum atomic E-state index is -0.420. The second-order valence-electron chi connectivity index (χ2n) is 6.60. The molecule has 6 heteroatoms. The number of hydrogen-bond donors (Lipinski definition) is 1. The minimum Gasteiger partial charge on any atom is -0.317 e. The monoisotopic (exact) mass is 391 g/mol. The van der Waals surface area contributed by atoms with Crippen LogP contribution in [0.15, 0.2) is 72.6 Å². The predicted molar refractivity (Wildman–Crippen MR) is 109 cm³/mol. The van der Waals surface area contributed by atoms with E-state index in [1.807, 2.05) is 78.4 Å². The van der Waals surface area contributed by atoms with Gasteiger partial charge in [0.1, 0.15) is 5.70 Å². The maximum Gasteiger partial charge on any atom is 0.329 e. The summed E-state index contributed by atoms with van der Waals surface area (Å²) in [6, 6.07) is 18.5. The van der Waals surface area contributed by atoms with Gasteiger partial charge in [-0.1, -0.05) is 48.0 Å². The molecule has 1 saturated heterocycles. The van der Waals surface area contributed by atoms with Crippen molar-refractivity contribution in [1.29, 1.82) is 0 Å². The average molecular weight is 392 g/mol. The lowest BCUT2D eigenvalue weighted by atomic mass is 10.2. The Labute approximate surface area is 167 Å². The molecular weight excluding hydrogens is 374 g/mol. The van der Waals surface area contributed by atoms with Crippen LogP contribution in [-0.2, 0) is 11.3 Å². The van der Waals surface area contributed by atoms with Gasteiger partial charge in [0.05, 0.1) is 6.54 Å². The van der Waals surface area contributed by atoms with E-state index in [1.165, 1.54) is 4.90 Å². The van der Waals surface area contributed by atoms with Gasteiger partial charge in [0.25, 0.3) is 5.91 Å². The van der Waals surface area contributed by atoms with Gasteiger partial charge in [-0.15, -0.1) is 0 Å². The van der Waals surface area contributed by atoms with Crippen molar-refractivity contribution in [2.45, 2.75) is 13.5 Å². The Morgan fingerprint density at radius 1 is 1.04 bits per heavy atom. The summed E-state index contributed by atoms with van der Waals surface area (Å²) in [6.45, 7) is 2.18. The van der Waals surface area contributed by atoms with Crippen LogP contribution in [0.1, 0.15) is 16.8 Å². The van der Waals surface area contributed by atoms with Crippen LogP contribution in [0.25, 0.3) is 11.8 Å². The summed E-state index contributed by atoms with van der Waals surface area (Å²) in [5.41, 5.74) is 3.78. The van der Waals surface area contributed by atoms with Crippen LogP contribution in [0.3, 0.4) is 0 Å². The van der Waals surface area contributed by atoms with Crippen molar-refractivity contribution in [3.05, 3.63) is 94.4 Å². The highest BCUT2D eigenvalue weighted by Gasteiger charge is 2.33. The molecule has 1 aliphatic rings. The summed E-state index contributed by atoms with van der Waals surface area (Å²) >= 11 is 6.25. The zero-order chi connectivity index (χ0) is 19.7. The fraction of sp³-hybridized carbons (Fsp3) is 0.0909. The number of carbonyl (C=O) groups excluding carboxylic acids is 2. The van der Waals surface area contributed by atoms with E-state index in [9.17, 15) is 9.59 Å². The normalized spacial score (nSPS) is 15.4. The molecule has 2 heterocycles. The maximum atomic E-state index is 12.7. The van der Waals surface area contributed by atoms with Gasteiger partial charge >= 0.3 is 6.03 Å². The standard InChI is InChI=1S/C22H18ClN3O2/c1-15-9-10-18(12-19(15)23)25-11-5-8-17(25)13-20-21(27)26(22(28)24-20)14-16-6-3-2-4-7-16/h2-13H,14H2,1H3,(H,24,28)/b20-13-. The van der Waals surface area contributed by atoms with Crippen LogP contribution < -0.4 is 5.32 Å². The summed E-state index contributed by atoms with van der Waals surface area (Å²) in [6.07, 6.45) is 3.56. The molecule has 0 aliphatic carbocycles. The molecule has 1 fully saturated rings. The van der Waals surface area contributed by atoms with E-state index in [0.29, 0.717) is 5.02 Å². The van der Waals surface area contributed by atoms with Gasteiger partial charge in [-0.2, -0.15) is 0 Å². The third kappa shape index (κ3) is 3.44. The van der Waals surface area contributed by atoms with Gasteiger partial charge in [-0.05, 0) is 48.4 Å². The molecule has 1 aromatic heterocycles. The third-order valence-electron chi connectivity index (χ3n) is 4.65. The molecule has 0 radical (unpaired) electrons. The number of amides is 3. The predicted octanol–water partition coefficient (Wildman–Crippen LogP) is 4.53. The Hall–Kier alpha value is -3.31. The zero-order valence-electron chi connectivity index (χ0n) is 15.2. The number of urea groups is 1. The highest BCUT2D eigenvalue weighted by Crippen LogP contribution is 2.23. The second kappa shape index (κ2) is 7.37. The van der Waals surface area contributed by atoms with Crippen molar-refractivity contribution in [3.8, 4) is 5.69 Å². The molecular formula is C22H18ClN3O2. The van der Waals surface area contributed by atoms with E-state index in [-0.39, 0.29) is 18.1 Å². The third-order valence-corrected chi connectivity index (χ3v) is 5.06. The number of nitrogens with zero attached hydrogens (tertiary/aromatic N) is 2. The zero-order valence-corrected chi connectivity index (χ0v) is 16.0. The van der Waals surface area contributed by atoms with Crippen LogP contribution in [-0.4, -0.2) is 21.4 Å². The molecule has 28 heavy (non-hydrogen) atoms. The van der Waals surface area contributed by atoms with Gasteiger partial charge in [0.15, 0.2) is 0 Å². The van der Waals surface area contributed by atoms with E-state index in [2.05, 4.69) is 5.32 Å². The topological polar surface area (TPSA) is 54.3 Å². The van der Waals surface area contributed by atoms with Crippen molar-refractivity contribution in [3.63, 3.8) is 0 Å². The lowest BCUT2D eigenvalue weighted by Gasteiger charge is -2.11. The van der Waals surface area contributed by atoms with E-state index < -0.39 is 6.03 Å². The highest BCUT2D eigenvalue weighted by atomic mass is 35.5. The van der Waals surface area contributed by atoms with Crippen LogP contribution in [0, 0.1) is 6.92 Å². The Bertz CT molecular complexity index is 1090. The largest absolute Gasteiger partial charge is 0.329 e. The molecule has 2 aromatic carbocycles. The molecule has 1 aliphatic heterocycles. The average Bonchev–Trinajstić information content (AvgIpc) is 3.25. The summed E-state index contributed by atoms with van der Waals surface area (Å²) in [7, 11) is 0. The number of benzene rings is 2. The first-order valence-corrected chi connectivity index (χ1v) is 9.23. The van der Waals surface area contributed by atoms with Crippen LogP contribution in [0.4, 0.5) is 4.79 Å².